The van der Waals surface area contributed by atoms with Crippen molar-refractivity contribution in [1.29, 1.82) is 0 Å². The first-order chi connectivity index (χ1) is 5.08. The molecule has 0 saturated carbocycles. The highest BCUT2D eigenvalue weighted by atomic mass is 35.5. The first kappa shape index (κ1) is 7.59. The maximum Gasteiger partial charge on any atom is 0.164 e. The topological polar surface area (TPSA) is 18.5 Å². The second-order valence-corrected chi connectivity index (χ2v) is 3.90. The van der Waals surface area contributed by atoms with E-state index in [-0.39, 0.29) is 17.6 Å². The molecule has 0 unspecified atom stereocenters. The minimum Gasteiger partial charge on any atom is -0.342 e. The molecule has 1 aliphatic heterocycles. The molecule has 0 aromatic rings. The Balaban J connectivity index is 2.15. The molecule has 0 amide bonds. The van der Waals surface area contributed by atoms with Crippen LogP contribution in [0.3, 0.4) is 0 Å². The van der Waals surface area contributed by atoms with Gasteiger partial charge in [0.2, 0.25) is 0 Å². The molecule has 3 atom stereocenters. The summed E-state index contributed by atoms with van der Waals surface area (Å²) >= 11 is 5.95. The number of fused-ring (bicyclic) bond motifs is 1. The molecule has 1 saturated heterocycles. The summed E-state index contributed by atoms with van der Waals surface area (Å²) in [6, 6.07) is 0. The largest absolute Gasteiger partial charge is 0.342 e. The van der Waals surface area contributed by atoms with Gasteiger partial charge in [0.05, 0.1) is 5.38 Å². The fraction of sp³-hybridized carbons (Fsp3) is 0.750. The predicted octanol–water partition coefficient (Wildman–Crippen LogP) is 1.68. The van der Waals surface area contributed by atoms with E-state index in [4.69, 9.17) is 21.1 Å². The molecule has 11 heavy (non-hydrogen) atoms. The molecule has 1 fully saturated rings. The van der Waals surface area contributed by atoms with Crippen LogP contribution >= 0.6 is 11.6 Å². The summed E-state index contributed by atoms with van der Waals surface area (Å²) in [7, 11) is 0. The second kappa shape index (κ2) is 2.22. The van der Waals surface area contributed by atoms with Crippen molar-refractivity contribution in [1.82, 2.24) is 0 Å². The fourth-order valence-corrected chi connectivity index (χ4v) is 1.82. The molecule has 0 radical (unpaired) electrons. The Morgan fingerprint density at radius 3 is 2.64 bits per heavy atom. The molecule has 2 nitrogen and oxygen atoms in total. The Morgan fingerprint density at radius 1 is 1.27 bits per heavy atom. The highest BCUT2D eigenvalue weighted by Gasteiger charge is 2.45. The van der Waals surface area contributed by atoms with E-state index in [2.05, 4.69) is 0 Å². The highest BCUT2D eigenvalue weighted by molar-refractivity contribution is 6.22. The van der Waals surface area contributed by atoms with Crippen molar-refractivity contribution in [2.24, 2.45) is 0 Å². The van der Waals surface area contributed by atoms with E-state index in [1.165, 1.54) is 0 Å². The van der Waals surface area contributed by atoms with Crippen LogP contribution in [0.1, 0.15) is 13.8 Å². The number of halogens is 1. The average Bonchev–Trinajstić information content (AvgIpc) is 2.31. The summed E-state index contributed by atoms with van der Waals surface area (Å²) in [5.41, 5.74) is 0. The van der Waals surface area contributed by atoms with E-state index in [0.717, 1.165) is 0 Å². The van der Waals surface area contributed by atoms with Crippen LogP contribution in [-0.4, -0.2) is 23.4 Å². The molecule has 0 aromatic carbocycles. The predicted molar refractivity (Wildman–Crippen MR) is 42.6 cm³/mol. The third-order valence-electron chi connectivity index (χ3n) is 1.96. The lowest BCUT2D eigenvalue weighted by molar-refractivity contribution is -0.143. The monoisotopic (exact) mass is 174 g/mol. The standard InChI is InChI=1S/C8H11ClO2/c1-8(2)10-6-4-3-5(9)7(6)11-8/h3-7H,1-2H3/t5-,6-,7+/m1/s1. The first-order valence-corrected chi connectivity index (χ1v) is 4.20. The van der Waals surface area contributed by atoms with Crippen LogP contribution in [0, 0.1) is 0 Å². The summed E-state index contributed by atoms with van der Waals surface area (Å²) in [5.74, 6) is -0.465. The average molecular weight is 175 g/mol. The van der Waals surface area contributed by atoms with Crippen molar-refractivity contribution in [3.8, 4) is 0 Å². The summed E-state index contributed by atoms with van der Waals surface area (Å²) in [6.45, 7) is 3.81. The second-order valence-electron chi connectivity index (χ2n) is 3.39. The minimum absolute atomic E-state index is 0.0201. The van der Waals surface area contributed by atoms with Gasteiger partial charge in [-0.15, -0.1) is 11.6 Å². The Bertz CT molecular complexity index is 200. The zero-order valence-corrected chi connectivity index (χ0v) is 7.34. The third kappa shape index (κ3) is 1.19. The molecule has 0 spiro atoms. The lowest BCUT2D eigenvalue weighted by Gasteiger charge is -2.17. The summed E-state index contributed by atoms with van der Waals surface area (Å²) in [4.78, 5) is 0. The van der Waals surface area contributed by atoms with Gasteiger partial charge in [-0.2, -0.15) is 0 Å². The zero-order valence-electron chi connectivity index (χ0n) is 6.58. The van der Waals surface area contributed by atoms with Crippen molar-refractivity contribution < 1.29 is 9.47 Å². The molecule has 1 aliphatic carbocycles. The summed E-state index contributed by atoms with van der Waals surface area (Å²) in [5, 5.41) is -0.0261. The van der Waals surface area contributed by atoms with Crippen LogP contribution < -0.4 is 0 Å². The van der Waals surface area contributed by atoms with E-state index in [1.807, 2.05) is 26.0 Å². The van der Waals surface area contributed by atoms with Crippen LogP contribution in [0.2, 0.25) is 0 Å². The summed E-state index contributed by atoms with van der Waals surface area (Å²) < 4.78 is 11.1. The van der Waals surface area contributed by atoms with E-state index >= 15 is 0 Å². The van der Waals surface area contributed by atoms with Gasteiger partial charge in [0.15, 0.2) is 5.79 Å². The number of alkyl halides is 1. The van der Waals surface area contributed by atoms with E-state index in [1.54, 1.807) is 0 Å². The molecular weight excluding hydrogens is 164 g/mol. The Labute approximate surface area is 71.1 Å². The molecule has 2 rings (SSSR count). The third-order valence-corrected chi connectivity index (χ3v) is 2.36. The van der Waals surface area contributed by atoms with Crippen molar-refractivity contribution in [3.63, 3.8) is 0 Å². The number of hydrogen-bond donors (Lipinski definition) is 0. The van der Waals surface area contributed by atoms with Gasteiger partial charge in [0, 0.05) is 0 Å². The molecular formula is C8H11ClO2. The van der Waals surface area contributed by atoms with Gasteiger partial charge >= 0.3 is 0 Å². The normalized spacial score (nSPS) is 46.3. The fourth-order valence-electron chi connectivity index (χ4n) is 1.54. The van der Waals surface area contributed by atoms with Gasteiger partial charge in [-0.25, -0.2) is 0 Å². The molecule has 3 heteroatoms. The van der Waals surface area contributed by atoms with Gasteiger partial charge in [-0.05, 0) is 13.8 Å². The summed E-state index contributed by atoms with van der Waals surface area (Å²) in [6.07, 6.45) is 3.97. The molecule has 0 bridgehead atoms. The first-order valence-electron chi connectivity index (χ1n) is 3.76. The van der Waals surface area contributed by atoms with E-state index in [9.17, 15) is 0 Å². The van der Waals surface area contributed by atoms with Gasteiger partial charge in [-0.3, -0.25) is 0 Å². The molecule has 1 heterocycles. The van der Waals surface area contributed by atoms with E-state index in [0.29, 0.717) is 0 Å². The molecule has 0 N–H and O–H groups in total. The van der Waals surface area contributed by atoms with Gasteiger partial charge in [-0.1, -0.05) is 12.2 Å². The minimum atomic E-state index is -0.465. The highest BCUT2D eigenvalue weighted by Crippen LogP contribution is 2.36. The van der Waals surface area contributed by atoms with Crippen LogP contribution in [0.15, 0.2) is 12.2 Å². The molecule has 62 valence electrons. The maximum absolute atomic E-state index is 5.95. The lowest BCUT2D eigenvalue weighted by Crippen LogP contribution is -2.25. The Morgan fingerprint density at radius 2 is 2.00 bits per heavy atom. The van der Waals surface area contributed by atoms with Crippen LogP contribution in [-0.2, 0) is 9.47 Å². The van der Waals surface area contributed by atoms with Crippen LogP contribution in [0.25, 0.3) is 0 Å². The lowest BCUT2D eigenvalue weighted by atomic mass is 10.2. The van der Waals surface area contributed by atoms with Crippen molar-refractivity contribution in [3.05, 3.63) is 12.2 Å². The maximum atomic E-state index is 5.95. The zero-order chi connectivity index (χ0) is 8.06. The number of hydrogen-bond acceptors (Lipinski definition) is 2. The SMILES string of the molecule is CC1(C)O[C@H]2[C@H](Cl)C=C[C@H]2O1. The van der Waals surface area contributed by atoms with Gasteiger partial charge in [0.1, 0.15) is 12.2 Å². The Hall–Kier alpha value is -0.0500. The molecule has 0 aromatic heterocycles. The van der Waals surface area contributed by atoms with E-state index < -0.39 is 5.79 Å². The smallest absolute Gasteiger partial charge is 0.164 e. The Kier molecular flexibility index (Phi) is 1.53. The number of ether oxygens (including phenoxy) is 2. The van der Waals surface area contributed by atoms with Gasteiger partial charge < -0.3 is 9.47 Å². The molecule has 2 aliphatic rings. The van der Waals surface area contributed by atoms with Crippen molar-refractivity contribution >= 4 is 11.6 Å². The quantitative estimate of drug-likeness (QED) is 0.411. The van der Waals surface area contributed by atoms with Crippen molar-refractivity contribution in [2.75, 3.05) is 0 Å². The van der Waals surface area contributed by atoms with Gasteiger partial charge in [0.25, 0.3) is 0 Å². The van der Waals surface area contributed by atoms with Crippen molar-refractivity contribution in [2.45, 2.75) is 37.2 Å². The van der Waals surface area contributed by atoms with Crippen LogP contribution in [0.4, 0.5) is 0 Å². The number of rotatable bonds is 0. The van der Waals surface area contributed by atoms with Crippen LogP contribution in [0.5, 0.6) is 0 Å².